The molecule has 1 unspecified atom stereocenters. The van der Waals surface area contributed by atoms with Crippen LogP contribution in [-0.4, -0.2) is 49.8 Å². The Hall–Kier alpha value is -0.470. The molecular formula is C12H19N3O2S2. The third kappa shape index (κ3) is 2.45. The fourth-order valence-electron chi connectivity index (χ4n) is 2.91. The Morgan fingerprint density at radius 2 is 2.16 bits per heavy atom. The third-order valence-corrected chi connectivity index (χ3v) is 7.42. The minimum absolute atomic E-state index is 0.399. The van der Waals surface area contributed by atoms with Crippen molar-refractivity contribution in [1.82, 2.24) is 9.21 Å². The molecule has 2 fully saturated rings. The fraction of sp³-hybridized carbons (Fsp3) is 0.667. The molecule has 0 radical (unpaired) electrons. The first-order valence-corrected chi connectivity index (χ1v) is 8.90. The predicted molar refractivity (Wildman–Crippen MR) is 75.6 cm³/mol. The minimum Gasteiger partial charge on any atom is -0.326 e. The maximum atomic E-state index is 12.6. The van der Waals surface area contributed by atoms with E-state index in [0.29, 0.717) is 29.9 Å². The number of nitrogens with two attached hydrogens (primary N) is 1. The predicted octanol–water partition coefficient (Wildman–Crippen LogP) is 0.675. The molecule has 0 aromatic carbocycles. The summed E-state index contributed by atoms with van der Waals surface area (Å²) in [5, 5.41) is 0. The number of rotatable bonds is 3. The van der Waals surface area contributed by atoms with Crippen molar-refractivity contribution in [2.45, 2.75) is 29.6 Å². The Kier molecular flexibility index (Phi) is 3.65. The van der Waals surface area contributed by atoms with Crippen LogP contribution < -0.4 is 5.73 Å². The molecule has 2 aliphatic rings. The van der Waals surface area contributed by atoms with Crippen LogP contribution in [0.5, 0.6) is 0 Å². The Balaban J connectivity index is 1.80. The number of hydrogen-bond acceptors (Lipinski definition) is 5. The lowest BCUT2D eigenvalue weighted by atomic mass is 10.2. The van der Waals surface area contributed by atoms with E-state index in [2.05, 4.69) is 4.90 Å². The summed E-state index contributed by atoms with van der Waals surface area (Å²) >= 11 is 1.29. The molecule has 2 N–H and O–H groups in total. The van der Waals surface area contributed by atoms with Gasteiger partial charge in [-0.15, -0.1) is 11.3 Å². The molecule has 3 rings (SSSR count). The Morgan fingerprint density at radius 1 is 1.32 bits per heavy atom. The zero-order valence-corrected chi connectivity index (χ0v) is 12.4. The summed E-state index contributed by atoms with van der Waals surface area (Å²) < 4.78 is 27.2. The lowest BCUT2D eigenvalue weighted by Gasteiger charge is -2.36. The molecule has 106 valence electrons. The summed E-state index contributed by atoms with van der Waals surface area (Å²) in [7, 11) is -3.32. The highest BCUT2D eigenvalue weighted by molar-refractivity contribution is 7.91. The summed E-state index contributed by atoms with van der Waals surface area (Å²) in [5.74, 6) is 0. The summed E-state index contributed by atoms with van der Waals surface area (Å²) in [4.78, 5) is 3.32. The summed E-state index contributed by atoms with van der Waals surface area (Å²) in [6, 6.07) is 3.91. The Labute approximate surface area is 118 Å². The highest BCUT2D eigenvalue weighted by Gasteiger charge is 2.36. The first-order valence-electron chi connectivity index (χ1n) is 6.64. The van der Waals surface area contributed by atoms with Crippen LogP contribution in [0, 0.1) is 0 Å². The first-order chi connectivity index (χ1) is 9.11. The number of thiophene rings is 1. The van der Waals surface area contributed by atoms with E-state index in [1.165, 1.54) is 17.8 Å². The fourth-order valence-corrected chi connectivity index (χ4v) is 5.77. The van der Waals surface area contributed by atoms with E-state index in [0.717, 1.165) is 24.4 Å². The van der Waals surface area contributed by atoms with Gasteiger partial charge < -0.3 is 5.73 Å². The van der Waals surface area contributed by atoms with Crippen LogP contribution in [0.2, 0.25) is 0 Å². The Morgan fingerprint density at radius 3 is 2.89 bits per heavy atom. The number of piperazine rings is 1. The molecule has 2 aliphatic heterocycles. The summed E-state index contributed by atoms with van der Waals surface area (Å²) in [6.45, 7) is 3.62. The number of nitrogens with zero attached hydrogens (tertiary/aromatic N) is 2. The van der Waals surface area contributed by atoms with Gasteiger partial charge in [-0.2, -0.15) is 4.31 Å². The largest absolute Gasteiger partial charge is 0.326 e. The van der Waals surface area contributed by atoms with Gasteiger partial charge in [-0.1, -0.05) is 0 Å². The normalized spacial score (nSPS) is 25.6. The van der Waals surface area contributed by atoms with Gasteiger partial charge in [0.05, 0.1) is 0 Å². The standard InChI is InChI=1S/C12H19N3O2S2/c13-8-11-3-4-12(18-11)19(16,17)15-7-6-14-5-1-2-10(14)9-15/h3-4,10H,1-2,5-9,13H2. The van der Waals surface area contributed by atoms with Gasteiger partial charge in [0.2, 0.25) is 0 Å². The van der Waals surface area contributed by atoms with Gasteiger partial charge in [0.1, 0.15) is 4.21 Å². The van der Waals surface area contributed by atoms with E-state index < -0.39 is 10.0 Å². The van der Waals surface area contributed by atoms with E-state index in [1.807, 2.05) is 6.07 Å². The average molecular weight is 301 g/mol. The van der Waals surface area contributed by atoms with Crippen LogP contribution in [0.4, 0.5) is 0 Å². The van der Waals surface area contributed by atoms with Crippen molar-refractivity contribution in [2.24, 2.45) is 5.73 Å². The van der Waals surface area contributed by atoms with E-state index >= 15 is 0 Å². The van der Waals surface area contributed by atoms with Gasteiger partial charge in [-0.3, -0.25) is 4.90 Å². The zero-order chi connectivity index (χ0) is 13.5. The maximum absolute atomic E-state index is 12.6. The van der Waals surface area contributed by atoms with Gasteiger partial charge in [-0.05, 0) is 31.5 Å². The molecular weight excluding hydrogens is 282 g/mol. The molecule has 5 nitrogen and oxygen atoms in total. The van der Waals surface area contributed by atoms with Crippen molar-refractivity contribution >= 4 is 21.4 Å². The van der Waals surface area contributed by atoms with E-state index in [-0.39, 0.29) is 0 Å². The molecule has 7 heteroatoms. The molecule has 0 amide bonds. The number of hydrogen-bond donors (Lipinski definition) is 1. The number of fused-ring (bicyclic) bond motifs is 1. The highest BCUT2D eigenvalue weighted by atomic mass is 32.2. The summed E-state index contributed by atoms with van der Waals surface area (Å²) in [5.41, 5.74) is 5.55. The second-order valence-electron chi connectivity index (χ2n) is 5.12. The SMILES string of the molecule is NCc1ccc(S(=O)(=O)N2CCN3CCCC3C2)s1. The molecule has 0 saturated carbocycles. The van der Waals surface area contributed by atoms with Gasteiger partial charge in [0.25, 0.3) is 10.0 Å². The monoisotopic (exact) mass is 301 g/mol. The molecule has 19 heavy (non-hydrogen) atoms. The van der Waals surface area contributed by atoms with Crippen LogP contribution in [0.1, 0.15) is 17.7 Å². The molecule has 2 saturated heterocycles. The van der Waals surface area contributed by atoms with Crippen molar-refractivity contribution < 1.29 is 8.42 Å². The zero-order valence-electron chi connectivity index (χ0n) is 10.8. The van der Waals surface area contributed by atoms with Gasteiger partial charge in [-0.25, -0.2) is 8.42 Å². The second kappa shape index (κ2) is 5.14. The molecule has 0 aliphatic carbocycles. The smallest absolute Gasteiger partial charge is 0.252 e. The van der Waals surface area contributed by atoms with Crippen LogP contribution in [0.3, 0.4) is 0 Å². The van der Waals surface area contributed by atoms with Crippen molar-refractivity contribution in [2.75, 3.05) is 26.2 Å². The van der Waals surface area contributed by atoms with Gasteiger partial charge in [0, 0.05) is 37.1 Å². The van der Waals surface area contributed by atoms with Crippen molar-refractivity contribution in [3.05, 3.63) is 17.0 Å². The van der Waals surface area contributed by atoms with Crippen LogP contribution >= 0.6 is 11.3 Å². The van der Waals surface area contributed by atoms with E-state index in [4.69, 9.17) is 5.73 Å². The average Bonchev–Trinajstić information content (AvgIpc) is 3.06. The second-order valence-corrected chi connectivity index (χ2v) is 8.45. The maximum Gasteiger partial charge on any atom is 0.252 e. The lowest BCUT2D eigenvalue weighted by Crippen LogP contribution is -2.51. The number of sulfonamides is 1. The molecule has 3 heterocycles. The topological polar surface area (TPSA) is 66.6 Å². The van der Waals surface area contributed by atoms with Crippen LogP contribution in [-0.2, 0) is 16.6 Å². The molecule has 0 spiro atoms. The molecule has 0 bridgehead atoms. The third-order valence-electron chi connectivity index (χ3n) is 3.98. The van der Waals surface area contributed by atoms with Crippen molar-refractivity contribution in [3.8, 4) is 0 Å². The minimum atomic E-state index is -3.32. The summed E-state index contributed by atoms with van der Waals surface area (Å²) in [6.07, 6.45) is 2.30. The molecule has 1 atom stereocenters. The van der Waals surface area contributed by atoms with Gasteiger partial charge >= 0.3 is 0 Å². The Bertz CT molecular complexity index is 555. The van der Waals surface area contributed by atoms with Crippen LogP contribution in [0.15, 0.2) is 16.3 Å². The highest BCUT2D eigenvalue weighted by Crippen LogP contribution is 2.29. The van der Waals surface area contributed by atoms with Crippen molar-refractivity contribution in [1.29, 1.82) is 0 Å². The molecule has 1 aromatic heterocycles. The molecule has 1 aromatic rings. The van der Waals surface area contributed by atoms with E-state index in [9.17, 15) is 8.42 Å². The van der Waals surface area contributed by atoms with Crippen LogP contribution in [0.25, 0.3) is 0 Å². The van der Waals surface area contributed by atoms with E-state index in [1.54, 1.807) is 10.4 Å². The van der Waals surface area contributed by atoms with Crippen molar-refractivity contribution in [3.63, 3.8) is 0 Å². The lowest BCUT2D eigenvalue weighted by molar-refractivity contribution is 0.158. The first kappa shape index (κ1) is 13.5. The van der Waals surface area contributed by atoms with Gasteiger partial charge in [0.15, 0.2) is 0 Å². The quantitative estimate of drug-likeness (QED) is 0.891.